The molecule has 0 saturated carbocycles. The Hall–Kier alpha value is -2.77. The number of likely N-dealkylation sites (N-methyl/N-ethyl adjacent to an activating group) is 1. The first-order valence-electron chi connectivity index (χ1n) is 8.12. The van der Waals surface area contributed by atoms with Gasteiger partial charge in [-0.1, -0.05) is 6.07 Å². The zero-order valence-electron chi connectivity index (χ0n) is 14.4. The summed E-state index contributed by atoms with van der Waals surface area (Å²) >= 11 is 0. The first kappa shape index (κ1) is 17.1. The molecule has 0 radical (unpaired) electrons. The first-order chi connectivity index (χ1) is 12.0. The van der Waals surface area contributed by atoms with Crippen molar-refractivity contribution in [2.75, 3.05) is 51.8 Å². The van der Waals surface area contributed by atoms with Crippen LogP contribution in [0.4, 0.5) is 10.5 Å². The van der Waals surface area contributed by atoms with Crippen molar-refractivity contribution in [2.24, 2.45) is 0 Å². The number of ether oxygens (including phenoxy) is 2. The number of hydrogen-bond donors (Lipinski definition) is 0. The average molecular weight is 347 g/mol. The highest BCUT2D eigenvalue weighted by atomic mass is 16.5. The molecule has 1 saturated heterocycles. The minimum absolute atomic E-state index is 0.00447. The van der Waals surface area contributed by atoms with Gasteiger partial charge in [-0.2, -0.15) is 0 Å². The predicted octanol–water partition coefficient (Wildman–Crippen LogP) is 0.495. The lowest BCUT2D eigenvalue weighted by atomic mass is 10.1. The van der Waals surface area contributed by atoms with E-state index in [9.17, 15) is 14.4 Å². The summed E-state index contributed by atoms with van der Waals surface area (Å²) in [5.41, 5.74) is 1.50. The van der Waals surface area contributed by atoms with Crippen molar-refractivity contribution >= 4 is 23.6 Å². The molecule has 0 aromatic heterocycles. The van der Waals surface area contributed by atoms with Gasteiger partial charge in [0.1, 0.15) is 5.75 Å². The molecule has 134 valence electrons. The summed E-state index contributed by atoms with van der Waals surface area (Å²) in [5.74, 6) is 0.523. The highest BCUT2D eigenvalue weighted by Crippen LogP contribution is 2.32. The second-order valence-corrected chi connectivity index (χ2v) is 6.06. The Morgan fingerprint density at radius 2 is 1.84 bits per heavy atom. The maximum Gasteiger partial charge on any atom is 0.409 e. The Morgan fingerprint density at radius 3 is 2.52 bits per heavy atom. The molecular formula is C17H21N3O5. The molecular weight excluding hydrogens is 326 g/mol. The van der Waals surface area contributed by atoms with E-state index in [0.29, 0.717) is 37.6 Å². The van der Waals surface area contributed by atoms with Gasteiger partial charge in [-0.15, -0.1) is 0 Å². The zero-order valence-corrected chi connectivity index (χ0v) is 14.4. The molecule has 3 rings (SSSR count). The van der Waals surface area contributed by atoms with Gasteiger partial charge in [0, 0.05) is 33.2 Å². The third-order valence-corrected chi connectivity index (χ3v) is 4.53. The van der Waals surface area contributed by atoms with Crippen molar-refractivity contribution in [3.63, 3.8) is 0 Å². The molecule has 0 bridgehead atoms. The minimum atomic E-state index is -0.366. The van der Waals surface area contributed by atoms with Crippen LogP contribution in [0.15, 0.2) is 18.2 Å². The van der Waals surface area contributed by atoms with E-state index < -0.39 is 0 Å². The van der Waals surface area contributed by atoms with Crippen LogP contribution in [0.3, 0.4) is 0 Å². The smallest absolute Gasteiger partial charge is 0.409 e. The molecule has 3 amide bonds. The van der Waals surface area contributed by atoms with Crippen molar-refractivity contribution in [3.8, 4) is 5.75 Å². The largest absolute Gasteiger partial charge is 0.482 e. The summed E-state index contributed by atoms with van der Waals surface area (Å²) in [4.78, 5) is 40.6. The number of rotatable bonds is 2. The fourth-order valence-corrected chi connectivity index (χ4v) is 2.98. The lowest BCUT2D eigenvalue weighted by Crippen LogP contribution is -2.50. The predicted molar refractivity (Wildman–Crippen MR) is 89.6 cm³/mol. The number of amides is 3. The highest BCUT2D eigenvalue weighted by molar-refractivity contribution is 5.97. The minimum Gasteiger partial charge on any atom is -0.482 e. The molecule has 25 heavy (non-hydrogen) atoms. The molecule has 0 spiro atoms. The fourth-order valence-electron chi connectivity index (χ4n) is 2.98. The van der Waals surface area contributed by atoms with Crippen LogP contribution in [0.5, 0.6) is 5.75 Å². The van der Waals surface area contributed by atoms with Crippen LogP contribution in [-0.2, 0) is 20.7 Å². The molecule has 1 fully saturated rings. The highest BCUT2D eigenvalue weighted by Gasteiger charge is 2.26. The third kappa shape index (κ3) is 3.52. The van der Waals surface area contributed by atoms with E-state index in [0.717, 1.165) is 5.56 Å². The van der Waals surface area contributed by atoms with Crippen molar-refractivity contribution in [1.82, 2.24) is 9.80 Å². The number of anilines is 1. The van der Waals surface area contributed by atoms with Gasteiger partial charge >= 0.3 is 6.09 Å². The topological polar surface area (TPSA) is 79.4 Å². The van der Waals surface area contributed by atoms with Gasteiger partial charge in [-0.25, -0.2) is 4.79 Å². The molecule has 0 unspecified atom stereocenters. The number of nitrogens with zero attached hydrogens (tertiary/aromatic N) is 3. The van der Waals surface area contributed by atoms with Gasteiger partial charge < -0.3 is 24.2 Å². The molecule has 8 heteroatoms. The van der Waals surface area contributed by atoms with Crippen molar-refractivity contribution in [2.45, 2.75) is 6.42 Å². The lowest BCUT2D eigenvalue weighted by molar-refractivity contribution is -0.132. The maximum absolute atomic E-state index is 12.5. The van der Waals surface area contributed by atoms with Gasteiger partial charge in [-0.05, 0) is 17.7 Å². The van der Waals surface area contributed by atoms with E-state index in [-0.39, 0.29) is 30.9 Å². The normalized spacial score (nSPS) is 17.0. The summed E-state index contributed by atoms with van der Waals surface area (Å²) in [6, 6.07) is 5.44. The molecule has 0 atom stereocenters. The zero-order chi connectivity index (χ0) is 18.0. The quantitative estimate of drug-likeness (QED) is 0.778. The number of carbonyl (C=O) groups excluding carboxylic acids is 3. The molecule has 8 nitrogen and oxygen atoms in total. The number of carbonyl (C=O) groups is 3. The van der Waals surface area contributed by atoms with Crippen molar-refractivity contribution in [1.29, 1.82) is 0 Å². The van der Waals surface area contributed by atoms with Gasteiger partial charge in [0.2, 0.25) is 5.91 Å². The van der Waals surface area contributed by atoms with E-state index in [1.54, 1.807) is 27.8 Å². The van der Waals surface area contributed by atoms with Crippen LogP contribution in [0.25, 0.3) is 0 Å². The fraction of sp³-hybridized carbons (Fsp3) is 0.471. The number of fused-ring (bicyclic) bond motifs is 1. The van der Waals surface area contributed by atoms with E-state index in [1.807, 2.05) is 12.1 Å². The Labute approximate surface area is 145 Å². The number of piperazine rings is 1. The second-order valence-electron chi connectivity index (χ2n) is 6.06. The Kier molecular flexibility index (Phi) is 4.78. The van der Waals surface area contributed by atoms with Crippen LogP contribution in [0.2, 0.25) is 0 Å². The van der Waals surface area contributed by atoms with Crippen molar-refractivity contribution in [3.05, 3.63) is 23.8 Å². The van der Waals surface area contributed by atoms with E-state index in [2.05, 4.69) is 0 Å². The molecule has 2 aliphatic heterocycles. The monoisotopic (exact) mass is 347 g/mol. The molecule has 1 aromatic carbocycles. The maximum atomic E-state index is 12.5. The van der Waals surface area contributed by atoms with E-state index >= 15 is 0 Å². The molecule has 1 aromatic rings. The van der Waals surface area contributed by atoms with Gasteiger partial charge in [-0.3, -0.25) is 9.59 Å². The lowest BCUT2D eigenvalue weighted by Gasteiger charge is -2.34. The van der Waals surface area contributed by atoms with E-state index in [1.165, 1.54) is 7.11 Å². The Bertz CT molecular complexity index is 698. The second kappa shape index (κ2) is 7.00. The first-order valence-corrected chi connectivity index (χ1v) is 8.12. The standard InChI is InChI=1S/C17H21N3O5/c1-18-13-9-12(3-4-14(13)25-11-16(18)22)10-15(21)19-5-7-20(8-6-19)17(23)24-2/h3-4,9H,5-8,10-11H2,1-2H3. The molecule has 2 aliphatic rings. The number of benzene rings is 1. The van der Waals surface area contributed by atoms with Crippen molar-refractivity contribution < 1.29 is 23.9 Å². The molecule has 2 heterocycles. The van der Waals surface area contributed by atoms with Gasteiger partial charge in [0.05, 0.1) is 19.2 Å². The summed E-state index contributed by atoms with van der Waals surface area (Å²) in [5, 5.41) is 0. The van der Waals surface area contributed by atoms with Gasteiger partial charge in [0.15, 0.2) is 6.61 Å². The van der Waals surface area contributed by atoms with Crippen LogP contribution < -0.4 is 9.64 Å². The summed E-state index contributed by atoms with van der Waals surface area (Å²) in [6.07, 6.45) is -0.123. The van der Waals surface area contributed by atoms with Gasteiger partial charge in [0.25, 0.3) is 5.91 Å². The van der Waals surface area contributed by atoms with Crippen LogP contribution in [-0.4, -0.2) is 74.7 Å². The molecule has 0 aliphatic carbocycles. The van der Waals surface area contributed by atoms with Crippen LogP contribution in [0.1, 0.15) is 5.56 Å². The summed E-state index contributed by atoms with van der Waals surface area (Å²) in [7, 11) is 3.04. The molecule has 0 N–H and O–H groups in total. The SMILES string of the molecule is COC(=O)N1CCN(C(=O)Cc2ccc3c(c2)N(C)C(=O)CO3)CC1. The number of methoxy groups -OCH3 is 1. The Balaban J connectivity index is 1.62. The van der Waals surface area contributed by atoms with Crippen LogP contribution >= 0.6 is 0 Å². The van der Waals surface area contributed by atoms with Crippen LogP contribution in [0, 0.1) is 0 Å². The summed E-state index contributed by atoms with van der Waals surface area (Å²) in [6.45, 7) is 1.94. The average Bonchev–Trinajstić information content (AvgIpc) is 2.64. The Morgan fingerprint density at radius 1 is 1.16 bits per heavy atom. The van der Waals surface area contributed by atoms with E-state index in [4.69, 9.17) is 9.47 Å². The third-order valence-electron chi connectivity index (χ3n) is 4.53. The summed E-state index contributed by atoms with van der Waals surface area (Å²) < 4.78 is 10.1. The number of hydrogen-bond acceptors (Lipinski definition) is 5.